The van der Waals surface area contributed by atoms with Crippen LogP contribution in [-0.2, 0) is 15.1 Å². The number of carbonyl (C=O) groups is 1. The number of carbonyl (C=O) groups excluding carboxylic acids is 1. The van der Waals surface area contributed by atoms with Crippen molar-refractivity contribution in [2.24, 2.45) is 0 Å². The average Bonchev–Trinajstić information content (AvgIpc) is 3.25. The van der Waals surface area contributed by atoms with Gasteiger partial charge in [0.05, 0.1) is 5.56 Å². The number of para-hydroxylation sites is 1. The third kappa shape index (κ3) is 3.98. The van der Waals surface area contributed by atoms with Crippen LogP contribution in [0.5, 0.6) is 11.5 Å². The number of hydrogen-bond donors (Lipinski definition) is 1. The monoisotopic (exact) mass is 506 g/mol. The fourth-order valence-electron chi connectivity index (χ4n) is 5.49. The second kappa shape index (κ2) is 9.88. The van der Waals surface area contributed by atoms with E-state index in [1.165, 1.54) is 0 Å². The Labute approximate surface area is 222 Å². The number of hydrogen-bond acceptors (Lipinski definition) is 6. The number of anilines is 3. The topological polar surface area (TPSA) is 60.0 Å². The van der Waals surface area contributed by atoms with Gasteiger partial charge in [-0.2, -0.15) is 0 Å². The number of rotatable bonds is 8. The standard InChI is InChI=1S/C32H30N2O4/c1-3-34(18-9-19-36-2)24-15-16-27-30(21-24)37-29-17-14-23(33-22-10-5-4-6-11-22)20-28(29)32(27)26-13-8-7-12-25(26)31(35)38-32/h4-8,10-17,20-21,33H,3,9,18-19H2,1-2H3. The number of esters is 1. The molecule has 38 heavy (non-hydrogen) atoms. The summed E-state index contributed by atoms with van der Waals surface area (Å²) in [6, 6.07) is 29.8. The lowest BCUT2D eigenvalue weighted by Crippen LogP contribution is -2.33. The zero-order chi connectivity index (χ0) is 26.1. The molecular weight excluding hydrogens is 476 g/mol. The summed E-state index contributed by atoms with van der Waals surface area (Å²) in [7, 11) is 1.72. The average molecular weight is 507 g/mol. The molecule has 0 fully saturated rings. The van der Waals surface area contributed by atoms with Crippen molar-refractivity contribution in [3.05, 3.63) is 113 Å². The van der Waals surface area contributed by atoms with Crippen LogP contribution in [0.15, 0.2) is 91.0 Å². The van der Waals surface area contributed by atoms with E-state index in [9.17, 15) is 4.79 Å². The minimum atomic E-state index is -1.10. The summed E-state index contributed by atoms with van der Waals surface area (Å²) in [6.07, 6.45) is 0.928. The molecule has 6 rings (SSSR count). The minimum Gasteiger partial charge on any atom is -0.456 e. The van der Waals surface area contributed by atoms with Gasteiger partial charge in [-0.3, -0.25) is 0 Å². The van der Waals surface area contributed by atoms with E-state index in [4.69, 9.17) is 14.2 Å². The fourth-order valence-corrected chi connectivity index (χ4v) is 5.49. The first-order valence-electron chi connectivity index (χ1n) is 13.0. The van der Waals surface area contributed by atoms with Gasteiger partial charge in [-0.1, -0.05) is 36.4 Å². The molecule has 6 nitrogen and oxygen atoms in total. The van der Waals surface area contributed by atoms with E-state index in [0.717, 1.165) is 53.3 Å². The van der Waals surface area contributed by atoms with Crippen molar-refractivity contribution < 1.29 is 19.0 Å². The van der Waals surface area contributed by atoms with Crippen molar-refractivity contribution in [1.29, 1.82) is 0 Å². The van der Waals surface area contributed by atoms with Gasteiger partial charge in [-0.05, 0) is 61.9 Å². The maximum Gasteiger partial charge on any atom is 0.340 e. The number of ether oxygens (including phenoxy) is 3. The lowest BCUT2D eigenvalue weighted by molar-refractivity contribution is 0.0224. The van der Waals surface area contributed by atoms with Gasteiger partial charge >= 0.3 is 5.97 Å². The highest BCUT2D eigenvalue weighted by molar-refractivity contribution is 5.97. The molecule has 0 saturated heterocycles. The zero-order valence-corrected chi connectivity index (χ0v) is 21.6. The summed E-state index contributed by atoms with van der Waals surface area (Å²) < 4.78 is 18.1. The largest absolute Gasteiger partial charge is 0.456 e. The molecule has 1 spiro atoms. The van der Waals surface area contributed by atoms with E-state index in [-0.39, 0.29) is 5.97 Å². The first-order valence-corrected chi connectivity index (χ1v) is 13.0. The third-order valence-electron chi connectivity index (χ3n) is 7.28. The lowest BCUT2D eigenvalue weighted by Gasteiger charge is -2.37. The number of nitrogens with zero attached hydrogens (tertiary/aromatic N) is 1. The molecule has 0 saturated carbocycles. The van der Waals surface area contributed by atoms with Crippen molar-refractivity contribution in [3.63, 3.8) is 0 Å². The van der Waals surface area contributed by atoms with E-state index in [1.54, 1.807) is 7.11 Å². The number of methoxy groups -OCH3 is 1. The van der Waals surface area contributed by atoms with Gasteiger partial charge < -0.3 is 24.4 Å². The van der Waals surface area contributed by atoms with Crippen LogP contribution in [0.1, 0.15) is 40.4 Å². The maximum absolute atomic E-state index is 13.2. The van der Waals surface area contributed by atoms with Gasteiger partial charge in [0, 0.05) is 66.6 Å². The Morgan fingerprint density at radius 1 is 0.842 bits per heavy atom. The van der Waals surface area contributed by atoms with Gasteiger partial charge in [-0.25, -0.2) is 4.79 Å². The molecule has 4 aromatic rings. The van der Waals surface area contributed by atoms with Crippen molar-refractivity contribution in [2.75, 3.05) is 37.0 Å². The normalized spacial score (nSPS) is 16.7. The maximum atomic E-state index is 13.2. The van der Waals surface area contributed by atoms with Gasteiger partial charge in [0.15, 0.2) is 5.60 Å². The summed E-state index contributed by atoms with van der Waals surface area (Å²) in [4.78, 5) is 15.5. The predicted octanol–water partition coefficient (Wildman–Crippen LogP) is 6.86. The quantitative estimate of drug-likeness (QED) is 0.208. The summed E-state index contributed by atoms with van der Waals surface area (Å²) in [5, 5.41) is 3.46. The highest BCUT2D eigenvalue weighted by Gasteiger charge is 2.53. The van der Waals surface area contributed by atoms with Crippen molar-refractivity contribution >= 4 is 23.0 Å². The summed E-state index contributed by atoms with van der Waals surface area (Å²) in [6.45, 7) is 4.58. The summed E-state index contributed by atoms with van der Waals surface area (Å²) >= 11 is 0. The Kier molecular flexibility index (Phi) is 6.26. The molecule has 192 valence electrons. The van der Waals surface area contributed by atoms with E-state index in [2.05, 4.69) is 29.3 Å². The number of nitrogens with one attached hydrogen (secondary N) is 1. The number of fused-ring (bicyclic) bond motifs is 6. The smallest absolute Gasteiger partial charge is 0.340 e. The molecule has 1 unspecified atom stereocenters. The molecule has 0 aliphatic carbocycles. The van der Waals surface area contributed by atoms with Crippen LogP contribution >= 0.6 is 0 Å². The Balaban J connectivity index is 1.48. The van der Waals surface area contributed by atoms with E-state index < -0.39 is 5.60 Å². The summed E-state index contributed by atoms with van der Waals surface area (Å²) in [5.74, 6) is 1.02. The molecule has 1 N–H and O–H groups in total. The molecule has 0 amide bonds. The van der Waals surface area contributed by atoms with Crippen LogP contribution < -0.4 is 15.0 Å². The highest BCUT2D eigenvalue weighted by Crippen LogP contribution is 2.57. The zero-order valence-electron chi connectivity index (χ0n) is 21.6. The van der Waals surface area contributed by atoms with E-state index in [0.29, 0.717) is 23.7 Å². The Morgan fingerprint density at radius 2 is 1.66 bits per heavy atom. The molecule has 2 aliphatic heterocycles. The number of benzene rings is 4. The molecular formula is C32H30N2O4. The molecule has 0 radical (unpaired) electrons. The van der Waals surface area contributed by atoms with Gasteiger partial charge in [-0.15, -0.1) is 0 Å². The highest BCUT2D eigenvalue weighted by atomic mass is 16.6. The predicted molar refractivity (Wildman–Crippen MR) is 149 cm³/mol. The molecule has 4 aromatic carbocycles. The van der Waals surface area contributed by atoms with E-state index in [1.807, 2.05) is 78.9 Å². The van der Waals surface area contributed by atoms with E-state index >= 15 is 0 Å². The Bertz CT molecular complexity index is 1490. The molecule has 1 atom stereocenters. The minimum absolute atomic E-state index is 0.334. The summed E-state index contributed by atoms with van der Waals surface area (Å²) in [5.41, 5.74) is 4.83. The third-order valence-corrected chi connectivity index (χ3v) is 7.28. The molecule has 0 aromatic heterocycles. The van der Waals surface area contributed by atoms with Crippen molar-refractivity contribution in [2.45, 2.75) is 18.9 Å². The molecule has 6 heteroatoms. The lowest BCUT2D eigenvalue weighted by atomic mass is 9.77. The Hall–Kier alpha value is -4.29. The molecule has 2 heterocycles. The van der Waals surface area contributed by atoms with Crippen molar-refractivity contribution in [1.82, 2.24) is 0 Å². The van der Waals surface area contributed by atoms with Crippen LogP contribution in [0.4, 0.5) is 17.1 Å². The van der Waals surface area contributed by atoms with Crippen LogP contribution in [0.25, 0.3) is 0 Å². The second-order valence-electron chi connectivity index (χ2n) is 9.53. The SMILES string of the molecule is CCN(CCCOC)c1ccc2c(c1)Oc1ccc(Nc3ccccc3)cc1C21OC(=O)c2ccccc21. The molecule has 2 aliphatic rings. The van der Waals surface area contributed by atoms with Gasteiger partial charge in [0.25, 0.3) is 0 Å². The first-order chi connectivity index (χ1) is 18.6. The van der Waals surface area contributed by atoms with Crippen LogP contribution in [0, 0.1) is 0 Å². The fraction of sp³-hybridized carbons (Fsp3) is 0.219. The molecule has 0 bridgehead atoms. The van der Waals surface area contributed by atoms with Gasteiger partial charge in [0.1, 0.15) is 11.5 Å². The Morgan fingerprint density at radius 3 is 2.47 bits per heavy atom. The van der Waals surface area contributed by atoms with Crippen LogP contribution in [0.3, 0.4) is 0 Å². The van der Waals surface area contributed by atoms with Crippen LogP contribution in [0.2, 0.25) is 0 Å². The van der Waals surface area contributed by atoms with Crippen molar-refractivity contribution in [3.8, 4) is 11.5 Å². The van der Waals surface area contributed by atoms with Gasteiger partial charge in [0.2, 0.25) is 0 Å². The first kappa shape index (κ1) is 24.1. The second-order valence-corrected chi connectivity index (χ2v) is 9.53. The van der Waals surface area contributed by atoms with Crippen LogP contribution in [-0.4, -0.2) is 32.8 Å².